The van der Waals surface area contributed by atoms with Crippen molar-refractivity contribution in [3.05, 3.63) is 17.0 Å². The molecule has 2 saturated heterocycles. The monoisotopic (exact) mass is 474 g/mol. The molecule has 1 aromatic heterocycles. The van der Waals surface area contributed by atoms with Crippen LogP contribution in [0.25, 0.3) is 0 Å². The first kappa shape index (κ1) is 21.5. The van der Waals surface area contributed by atoms with Crippen LogP contribution in [0.2, 0.25) is 0 Å². The van der Waals surface area contributed by atoms with E-state index in [1.165, 1.54) is 50.2 Å². The molecule has 0 bridgehead atoms. The summed E-state index contributed by atoms with van der Waals surface area (Å²) in [5, 5.41) is 8.00. The van der Waals surface area contributed by atoms with Crippen LogP contribution in [-0.4, -0.2) is 64.8 Å². The fourth-order valence-electron chi connectivity index (χ4n) is 4.13. The number of likely N-dealkylation sites (tertiary alicyclic amines) is 2. The molecule has 0 aliphatic carbocycles. The molecule has 2 aliphatic rings. The normalized spacial score (nSPS) is 21.3. The number of halogens is 1. The summed E-state index contributed by atoms with van der Waals surface area (Å²) in [6.45, 7) is 14.1. The van der Waals surface area contributed by atoms with E-state index in [2.05, 4.69) is 41.0 Å². The molecule has 148 valence electrons. The average molecular weight is 474 g/mol. The van der Waals surface area contributed by atoms with Crippen LogP contribution >= 0.6 is 24.0 Å². The van der Waals surface area contributed by atoms with Crippen LogP contribution in [-0.2, 0) is 13.6 Å². The number of nitrogens with one attached hydrogen (secondary N) is 1. The van der Waals surface area contributed by atoms with Crippen molar-refractivity contribution in [2.75, 3.05) is 39.3 Å². The van der Waals surface area contributed by atoms with Crippen LogP contribution in [0.15, 0.2) is 4.99 Å². The lowest BCUT2D eigenvalue weighted by Crippen LogP contribution is -2.40. The predicted molar refractivity (Wildman–Crippen MR) is 118 cm³/mol. The minimum atomic E-state index is 0. The molecule has 1 aromatic rings. The van der Waals surface area contributed by atoms with Crippen LogP contribution in [0, 0.1) is 19.8 Å². The Kier molecular flexibility index (Phi) is 8.19. The maximum absolute atomic E-state index is 4.93. The number of rotatable bonds is 5. The highest BCUT2D eigenvalue weighted by Gasteiger charge is 2.27. The van der Waals surface area contributed by atoms with E-state index in [0.717, 1.165) is 37.2 Å². The molecule has 7 heteroatoms. The second-order valence-corrected chi connectivity index (χ2v) is 7.55. The van der Waals surface area contributed by atoms with Gasteiger partial charge in [0.2, 0.25) is 0 Å². The van der Waals surface area contributed by atoms with Crippen LogP contribution in [0.4, 0.5) is 0 Å². The van der Waals surface area contributed by atoms with Crippen molar-refractivity contribution >= 4 is 29.9 Å². The van der Waals surface area contributed by atoms with Crippen LogP contribution in [0.3, 0.4) is 0 Å². The third-order valence-corrected chi connectivity index (χ3v) is 5.68. The first-order valence-corrected chi connectivity index (χ1v) is 9.83. The van der Waals surface area contributed by atoms with Crippen molar-refractivity contribution in [2.45, 2.75) is 46.6 Å². The lowest BCUT2D eigenvalue weighted by atomic mass is 10.1. The van der Waals surface area contributed by atoms with Crippen molar-refractivity contribution in [3.63, 3.8) is 0 Å². The fraction of sp³-hybridized carbons (Fsp3) is 0.789. The van der Waals surface area contributed by atoms with Gasteiger partial charge in [0.25, 0.3) is 0 Å². The Morgan fingerprint density at radius 2 is 1.96 bits per heavy atom. The molecule has 6 nitrogen and oxygen atoms in total. The van der Waals surface area contributed by atoms with Gasteiger partial charge >= 0.3 is 0 Å². The van der Waals surface area contributed by atoms with Gasteiger partial charge in [-0.25, -0.2) is 4.99 Å². The predicted octanol–water partition coefficient (Wildman–Crippen LogP) is 2.54. The molecule has 26 heavy (non-hydrogen) atoms. The Bertz CT molecular complexity index is 605. The quantitative estimate of drug-likeness (QED) is 0.405. The van der Waals surface area contributed by atoms with Gasteiger partial charge in [-0.3, -0.25) is 4.68 Å². The zero-order chi connectivity index (χ0) is 17.8. The summed E-state index contributed by atoms with van der Waals surface area (Å²) in [4.78, 5) is 10.0. The largest absolute Gasteiger partial charge is 0.357 e. The molecule has 1 unspecified atom stereocenters. The van der Waals surface area contributed by atoms with Gasteiger partial charge in [0.1, 0.15) is 0 Å². The molecule has 1 atom stereocenters. The molecule has 0 aromatic carbocycles. The zero-order valence-corrected chi connectivity index (χ0v) is 19.1. The number of hydrogen-bond acceptors (Lipinski definition) is 3. The third kappa shape index (κ3) is 5.12. The van der Waals surface area contributed by atoms with Crippen LogP contribution in [0.1, 0.15) is 43.1 Å². The maximum atomic E-state index is 4.93. The number of nitrogens with zero attached hydrogens (tertiary/aromatic N) is 5. The molecule has 0 spiro atoms. The van der Waals surface area contributed by atoms with Gasteiger partial charge < -0.3 is 15.1 Å². The number of hydrogen-bond donors (Lipinski definition) is 1. The highest BCUT2D eigenvalue weighted by Crippen LogP contribution is 2.20. The zero-order valence-electron chi connectivity index (χ0n) is 16.8. The summed E-state index contributed by atoms with van der Waals surface area (Å²) >= 11 is 0. The Hall–Kier alpha value is -0.830. The van der Waals surface area contributed by atoms with E-state index in [1.807, 2.05) is 11.7 Å². The Morgan fingerprint density at radius 3 is 2.58 bits per heavy atom. The lowest BCUT2D eigenvalue weighted by Gasteiger charge is -2.23. The molecule has 0 amide bonds. The van der Waals surface area contributed by atoms with Crippen molar-refractivity contribution < 1.29 is 0 Å². The van der Waals surface area contributed by atoms with Gasteiger partial charge in [0.15, 0.2) is 5.96 Å². The van der Waals surface area contributed by atoms with Gasteiger partial charge in [-0.05, 0) is 59.0 Å². The minimum absolute atomic E-state index is 0. The number of aromatic nitrogens is 2. The molecule has 0 saturated carbocycles. The summed E-state index contributed by atoms with van der Waals surface area (Å²) < 4.78 is 1.95. The first-order valence-electron chi connectivity index (χ1n) is 9.83. The molecule has 2 fully saturated rings. The second kappa shape index (κ2) is 9.92. The van der Waals surface area contributed by atoms with E-state index in [4.69, 9.17) is 4.99 Å². The van der Waals surface area contributed by atoms with Crippen LogP contribution in [0.5, 0.6) is 0 Å². The first-order chi connectivity index (χ1) is 12.1. The standard InChI is InChI=1S/C19H34N6.HI/c1-5-20-19(21-12-18-15(2)22-23(4)16(18)3)25-11-8-17(14-25)13-24-9-6-7-10-24;/h17H,5-14H2,1-4H3,(H,20,21);1H. The minimum Gasteiger partial charge on any atom is -0.357 e. The highest BCUT2D eigenvalue weighted by molar-refractivity contribution is 14.0. The summed E-state index contributed by atoms with van der Waals surface area (Å²) in [6.07, 6.45) is 4.04. The third-order valence-electron chi connectivity index (χ3n) is 5.68. The number of aryl methyl sites for hydroxylation is 2. The van der Waals surface area contributed by atoms with E-state index >= 15 is 0 Å². The molecule has 2 aliphatic heterocycles. The van der Waals surface area contributed by atoms with Crippen molar-refractivity contribution in [3.8, 4) is 0 Å². The smallest absolute Gasteiger partial charge is 0.194 e. The Morgan fingerprint density at radius 1 is 1.23 bits per heavy atom. The van der Waals surface area contributed by atoms with Gasteiger partial charge in [-0.15, -0.1) is 24.0 Å². The highest BCUT2D eigenvalue weighted by atomic mass is 127. The Labute approximate surface area is 175 Å². The molecule has 1 N–H and O–H groups in total. The van der Waals surface area contributed by atoms with E-state index < -0.39 is 0 Å². The SMILES string of the molecule is CCNC(=NCc1c(C)nn(C)c1C)N1CCC(CN2CCCC2)C1.I. The summed E-state index contributed by atoms with van der Waals surface area (Å²) in [5.74, 6) is 1.85. The van der Waals surface area contributed by atoms with Crippen molar-refractivity contribution in [2.24, 2.45) is 18.0 Å². The van der Waals surface area contributed by atoms with Gasteiger partial charge in [-0.1, -0.05) is 0 Å². The summed E-state index contributed by atoms with van der Waals surface area (Å²) in [6, 6.07) is 0. The van der Waals surface area contributed by atoms with E-state index in [1.54, 1.807) is 0 Å². The van der Waals surface area contributed by atoms with E-state index in [0.29, 0.717) is 6.54 Å². The molecule has 0 radical (unpaired) electrons. The molecular weight excluding hydrogens is 439 g/mol. The molecule has 3 rings (SSSR count). The summed E-state index contributed by atoms with van der Waals surface area (Å²) in [7, 11) is 2.00. The maximum Gasteiger partial charge on any atom is 0.194 e. The lowest BCUT2D eigenvalue weighted by molar-refractivity contribution is 0.281. The van der Waals surface area contributed by atoms with Crippen molar-refractivity contribution in [1.82, 2.24) is 24.9 Å². The topological polar surface area (TPSA) is 48.7 Å². The van der Waals surface area contributed by atoms with Gasteiger partial charge in [0.05, 0.1) is 12.2 Å². The number of guanidine groups is 1. The average Bonchev–Trinajstić information content (AvgIpc) is 3.30. The fourth-order valence-corrected chi connectivity index (χ4v) is 4.13. The molecule has 3 heterocycles. The number of aliphatic imine (C=N–C) groups is 1. The van der Waals surface area contributed by atoms with E-state index in [-0.39, 0.29) is 24.0 Å². The van der Waals surface area contributed by atoms with Gasteiger partial charge in [0, 0.05) is 44.5 Å². The Balaban J connectivity index is 0.00000243. The van der Waals surface area contributed by atoms with Gasteiger partial charge in [-0.2, -0.15) is 5.10 Å². The van der Waals surface area contributed by atoms with Crippen LogP contribution < -0.4 is 5.32 Å². The summed E-state index contributed by atoms with van der Waals surface area (Å²) in [5.41, 5.74) is 3.56. The van der Waals surface area contributed by atoms with Crippen molar-refractivity contribution in [1.29, 1.82) is 0 Å². The van der Waals surface area contributed by atoms with E-state index in [9.17, 15) is 0 Å². The molecular formula is C19H35IN6. The second-order valence-electron chi connectivity index (χ2n) is 7.55.